The Bertz CT molecular complexity index is 952. The molecule has 0 saturated carbocycles. The van der Waals surface area contributed by atoms with Crippen molar-refractivity contribution in [3.05, 3.63) is 47.5 Å². The number of aromatic nitrogens is 2. The summed E-state index contributed by atoms with van der Waals surface area (Å²) in [5.74, 6) is -1.88. The predicted octanol–water partition coefficient (Wildman–Crippen LogP) is 2.75. The number of nitrogens with zero attached hydrogens (tertiary/aromatic N) is 3. The lowest BCUT2D eigenvalue weighted by atomic mass is 10.0. The Morgan fingerprint density at radius 3 is 2.50 bits per heavy atom. The summed E-state index contributed by atoms with van der Waals surface area (Å²) in [7, 11) is 0. The van der Waals surface area contributed by atoms with Gasteiger partial charge in [0.25, 0.3) is 5.91 Å². The zero-order valence-electron chi connectivity index (χ0n) is 17.6. The molecule has 1 aliphatic heterocycles. The summed E-state index contributed by atoms with van der Waals surface area (Å²) in [6.07, 6.45) is -2.28. The molecule has 2 heterocycles. The molecule has 2 amide bonds. The first kappa shape index (κ1) is 23.7. The normalized spacial score (nSPS) is 15.5. The summed E-state index contributed by atoms with van der Waals surface area (Å²) in [4.78, 5) is 26.4. The zero-order chi connectivity index (χ0) is 23.3. The van der Waals surface area contributed by atoms with Crippen molar-refractivity contribution in [2.45, 2.75) is 38.4 Å². The Labute approximate surface area is 182 Å². The van der Waals surface area contributed by atoms with Gasteiger partial charge in [-0.2, -0.15) is 18.3 Å². The minimum atomic E-state index is -4.92. The third kappa shape index (κ3) is 5.64. The molecule has 0 aliphatic carbocycles. The van der Waals surface area contributed by atoms with Crippen molar-refractivity contribution < 1.29 is 27.2 Å². The van der Waals surface area contributed by atoms with Gasteiger partial charge in [-0.1, -0.05) is 19.1 Å². The third-order valence-corrected chi connectivity index (χ3v) is 5.23. The van der Waals surface area contributed by atoms with Crippen LogP contribution in [0.2, 0.25) is 0 Å². The first-order valence-corrected chi connectivity index (χ1v) is 10.4. The highest BCUT2D eigenvalue weighted by Crippen LogP contribution is 2.34. The van der Waals surface area contributed by atoms with Crippen LogP contribution in [0.1, 0.15) is 42.2 Å². The Morgan fingerprint density at radius 2 is 1.88 bits per heavy atom. The van der Waals surface area contributed by atoms with Gasteiger partial charge in [-0.15, -0.1) is 0 Å². The molecule has 3 rings (SSSR count). The minimum absolute atomic E-state index is 0.0790. The zero-order valence-corrected chi connectivity index (χ0v) is 17.6. The molecule has 0 spiro atoms. The highest BCUT2D eigenvalue weighted by molar-refractivity contribution is 5.95. The van der Waals surface area contributed by atoms with Crippen LogP contribution in [0, 0.1) is 5.82 Å². The van der Waals surface area contributed by atoms with Gasteiger partial charge in [-0.25, -0.2) is 9.07 Å². The van der Waals surface area contributed by atoms with E-state index in [1.807, 2.05) is 11.8 Å². The van der Waals surface area contributed by atoms with E-state index < -0.39 is 34.8 Å². The number of alkyl halides is 3. The van der Waals surface area contributed by atoms with Crippen LogP contribution >= 0.6 is 0 Å². The number of benzene rings is 1. The molecule has 1 aromatic carbocycles. The number of nitrogens with one attached hydrogen (secondary N) is 2. The molecule has 0 atom stereocenters. The predicted molar refractivity (Wildman–Crippen MR) is 109 cm³/mol. The monoisotopic (exact) mass is 455 g/mol. The van der Waals surface area contributed by atoms with Crippen molar-refractivity contribution in [2.75, 3.05) is 26.2 Å². The maximum absolute atomic E-state index is 14.1. The number of hydrogen-bond donors (Lipinski definition) is 2. The molecule has 1 aromatic heterocycles. The average molecular weight is 455 g/mol. The summed E-state index contributed by atoms with van der Waals surface area (Å²) < 4.78 is 55.7. The van der Waals surface area contributed by atoms with Crippen molar-refractivity contribution in [3.63, 3.8) is 0 Å². The standard InChI is InChI=1S/C21H25F4N5O2/c1-2-9-26-18(31)13-29-10-7-14(8-11-29)28-20(32)15-12-27-30(19(15)21(23,24)25)17-6-4-3-5-16(17)22/h3-6,12,14H,2,7-11,13H2,1H3,(H,26,31)(H,28,32). The molecule has 2 N–H and O–H groups in total. The molecule has 2 aromatic rings. The Balaban J connectivity index is 1.68. The molecule has 11 heteroatoms. The number of rotatable bonds is 7. The van der Waals surface area contributed by atoms with Gasteiger partial charge in [-0.3, -0.25) is 14.5 Å². The average Bonchev–Trinajstić information content (AvgIpc) is 3.20. The van der Waals surface area contributed by atoms with Crippen LogP contribution in [-0.4, -0.2) is 58.7 Å². The summed E-state index contributed by atoms with van der Waals surface area (Å²) in [5, 5.41) is 9.05. The van der Waals surface area contributed by atoms with E-state index in [0.717, 1.165) is 24.8 Å². The topological polar surface area (TPSA) is 79.3 Å². The fraction of sp³-hybridized carbons (Fsp3) is 0.476. The van der Waals surface area contributed by atoms with E-state index in [1.165, 1.54) is 12.1 Å². The van der Waals surface area contributed by atoms with E-state index in [1.54, 1.807) is 0 Å². The van der Waals surface area contributed by atoms with Crippen LogP contribution in [0.4, 0.5) is 17.6 Å². The molecule has 0 bridgehead atoms. The van der Waals surface area contributed by atoms with E-state index in [-0.39, 0.29) is 18.5 Å². The molecule has 32 heavy (non-hydrogen) atoms. The van der Waals surface area contributed by atoms with Crippen molar-refractivity contribution in [3.8, 4) is 5.69 Å². The van der Waals surface area contributed by atoms with E-state index in [9.17, 15) is 27.2 Å². The number of piperidine rings is 1. The Morgan fingerprint density at radius 1 is 1.19 bits per heavy atom. The second-order valence-electron chi connectivity index (χ2n) is 7.64. The van der Waals surface area contributed by atoms with Crippen LogP contribution in [0.25, 0.3) is 5.69 Å². The maximum Gasteiger partial charge on any atom is 0.434 e. The third-order valence-electron chi connectivity index (χ3n) is 5.23. The fourth-order valence-electron chi connectivity index (χ4n) is 3.62. The second kappa shape index (κ2) is 10.1. The van der Waals surface area contributed by atoms with Crippen LogP contribution in [-0.2, 0) is 11.0 Å². The van der Waals surface area contributed by atoms with E-state index in [2.05, 4.69) is 15.7 Å². The number of carbonyl (C=O) groups excluding carboxylic acids is 2. The van der Waals surface area contributed by atoms with Crippen LogP contribution in [0.15, 0.2) is 30.5 Å². The number of halogens is 4. The van der Waals surface area contributed by atoms with Crippen LogP contribution < -0.4 is 10.6 Å². The highest BCUT2D eigenvalue weighted by atomic mass is 19.4. The molecular formula is C21H25F4N5O2. The smallest absolute Gasteiger partial charge is 0.355 e. The largest absolute Gasteiger partial charge is 0.434 e. The van der Waals surface area contributed by atoms with Gasteiger partial charge in [0.1, 0.15) is 11.5 Å². The van der Waals surface area contributed by atoms with Crippen molar-refractivity contribution in [1.29, 1.82) is 0 Å². The number of para-hydroxylation sites is 1. The van der Waals surface area contributed by atoms with Gasteiger partial charge < -0.3 is 10.6 Å². The van der Waals surface area contributed by atoms with Crippen LogP contribution in [0.5, 0.6) is 0 Å². The lowest BCUT2D eigenvalue weighted by Gasteiger charge is -2.31. The van der Waals surface area contributed by atoms with Crippen molar-refractivity contribution in [2.24, 2.45) is 0 Å². The minimum Gasteiger partial charge on any atom is -0.355 e. The molecule has 1 saturated heterocycles. The van der Waals surface area contributed by atoms with Gasteiger partial charge in [-0.05, 0) is 31.4 Å². The molecule has 7 nitrogen and oxygen atoms in total. The van der Waals surface area contributed by atoms with E-state index in [0.29, 0.717) is 37.2 Å². The van der Waals surface area contributed by atoms with E-state index in [4.69, 9.17) is 0 Å². The summed E-state index contributed by atoms with van der Waals surface area (Å²) in [6, 6.07) is 4.58. The van der Waals surface area contributed by atoms with Crippen LogP contribution in [0.3, 0.4) is 0 Å². The number of carbonyl (C=O) groups is 2. The lowest BCUT2D eigenvalue weighted by Crippen LogP contribution is -2.47. The van der Waals surface area contributed by atoms with Gasteiger partial charge in [0.2, 0.25) is 5.91 Å². The van der Waals surface area contributed by atoms with Gasteiger partial charge >= 0.3 is 6.18 Å². The molecule has 174 valence electrons. The molecular weight excluding hydrogens is 430 g/mol. The first-order chi connectivity index (χ1) is 15.2. The molecule has 0 unspecified atom stereocenters. The molecule has 1 aliphatic rings. The number of hydrogen-bond acceptors (Lipinski definition) is 4. The van der Waals surface area contributed by atoms with Gasteiger partial charge in [0, 0.05) is 25.7 Å². The highest BCUT2D eigenvalue weighted by Gasteiger charge is 2.41. The maximum atomic E-state index is 14.1. The van der Waals surface area contributed by atoms with Crippen molar-refractivity contribution in [1.82, 2.24) is 25.3 Å². The summed E-state index contributed by atoms with van der Waals surface area (Å²) in [6.45, 7) is 3.87. The fourth-order valence-corrected chi connectivity index (χ4v) is 3.62. The molecule has 1 fully saturated rings. The lowest BCUT2D eigenvalue weighted by molar-refractivity contribution is -0.143. The van der Waals surface area contributed by atoms with Gasteiger partial charge in [0.15, 0.2) is 5.69 Å². The SMILES string of the molecule is CCCNC(=O)CN1CCC(NC(=O)c2cnn(-c3ccccc3F)c2C(F)(F)F)CC1. The first-order valence-electron chi connectivity index (χ1n) is 10.4. The van der Waals surface area contributed by atoms with E-state index >= 15 is 0 Å². The summed E-state index contributed by atoms with van der Waals surface area (Å²) in [5.41, 5.74) is -2.39. The summed E-state index contributed by atoms with van der Waals surface area (Å²) >= 11 is 0. The Hall–Kier alpha value is -2.95. The van der Waals surface area contributed by atoms with Gasteiger partial charge in [0.05, 0.1) is 18.3 Å². The number of likely N-dealkylation sites (tertiary alicyclic amines) is 1. The molecule has 0 radical (unpaired) electrons. The quantitative estimate of drug-likeness (QED) is 0.630. The number of amides is 2. The van der Waals surface area contributed by atoms with Crippen molar-refractivity contribution >= 4 is 11.8 Å². The Kier molecular flexibility index (Phi) is 7.49. The second-order valence-corrected chi connectivity index (χ2v) is 7.64.